The average Bonchev–Trinajstić information content (AvgIpc) is 1.54. The van der Waals surface area contributed by atoms with Gasteiger partial charge in [-0.05, 0) is 20.8 Å². The predicted molar refractivity (Wildman–Crippen MR) is 52.3 cm³/mol. The van der Waals surface area contributed by atoms with Crippen molar-refractivity contribution in [1.29, 1.82) is 0 Å². The Morgan fingerprint density at radius 1 is 0.588 bits per heavy atom. The fraction of sp³-hybridized carbons (Fsp3) is 0.500. The summed E-state index contributed by atoms with van der Waals surface area (Å²) in [6, 6.07) is 0. The van der Waals surface area contributed by atoms with E-state index in [1.54, 1.807) is 0 Å². The number of carboxylic acids is 3. The van der Waals surface area contributed by atoms with Gasteiger partial charge in [-0.2, -0.15) is 0 Å². The summed E-state index contributed by atoms with van der Waals surface area (Å²) >= 11 is 0. The molecular weight excluding hydrogens is 441 g/mol. The quantitative estimate of drug-likeness (QED) is 0.319. The topological polar surface area (TPSA) is 246 Å². The summed E-state index contributed by atoms with van der Waals surface area (Å²) in [5.74, 6) is -3.25. The van der Waals surface area contributed by atoms with E-state index >= 15 is 0 Å². The molecule has 0 aliphatic carbocycles. The Kier molecular flexibility index (Phi) is 150. The molecule has 2 radical (unpaired) electrons. The molecule has 106 valence electrons. The Labute approximate surface area is 117 Å². The van der Waals surface area contributed by atoms with Crippen LogP contribution in [0.25, 0.3) is 0 Å². The molecule has 0 atom stereocenters. The van der Waals surface area contributed by atoms with Gasteiger partial charge in [0.2, 0.25) is 0 Å². The number of carboxylic acid groups (broad SMARTS) is 3. The van der Waals surface area contributed by atoms with Gasteiger partial charge in [-0.3, -0.25) is 0 Å². The fourth-order valence-corrected chi connectivity index (χ4v) is 0. The van der Waals surface area contributed by atoms with Crippen molar-refractivity contribution in [3.8, 4) is 0 Å². The molecule has 0 aliphatic heterocycles. The number of hydrogen-bond acceptors (Lipinski definition) is 6. The third-order valence-corrected chi connectivity index (χ3v) is 0. The van der Waals surface area contributed by atoms with Gasteiger partial charge >= 0.3 is 26.2 Å². The Bertz CT molecular complexity index is 118. The zero-order chi connectivity index (χ0) is 10.7. The van der Waals surface area contributed by atoms with E-state index in [-0.39, 0.29) is 48.1 Å². The van der Waals surface area contributed by atoms with E-state index in [1.165, 1.54) is 0 Å². The van der Waals surface area contributed by atoms with E-state index in [2.05, 4.69) is 0 Å². The molecule has 0 aromatic heterocycles. The van der Waals surface area contributed by atoms with Crippen molar-refractivity contribution in [2.75, 3.05) is 0 Å². The molecule has 0 aliphatic rings. The third-order valence-electron chi connectivity index (χ3n) is 0. The SMILES string of the molecule is CC(=O)[O-].CC(=O)[O-].CC(=O)[O-].O.O.O.O.[Bi+3]. The molecule has 0 aromatic carbocycles. The van der Waals surface area contributed by atoms with E-state index in [0.717, 1.165) is 20.8 Å². The van der Waals surface area contributed by atoms with Crippen molar-refractivity contribution >= 4 is 44.1 Å². The molecule has 0 aromatic rings. The largest absolute Gasteiger partial charge is 3.00 e. The second-order valence-corrected chi connectivity index (χ2v) is 1.47. The van der Waals surface area contributed by atoms with Crippen LogP contribution in [-0.2, 0) is 14.4 Å². The van der Waals surface area contributed by atoms with Crippen LogP contribution in [0.5, 0.6) is 0 Å². The molecule has 0 saturated carbocycles. The first-order chi connectivity index (χ1) is 5.20. The monoisotopic (exact) mass is 458 g/mol. The molecule has 8 N–H and O–H groups in total. The molecule has 10 nitrogen and oxygen atoms in total. The minimum absolute atomic E-state index is 0. The van der Waals surface area contributed by atoms with Gasteiger partial charge in [0, 0.05) is 17.9 Å². The van der Waals surface area contributed by atoms with Crippen LogP contribution >= 0.6 is 0 Å². The van der Waals surface area contributed by atoms with Gasteiger partial charge in [0.25, 0.3) is 0 Å². The number of carbonyl (C=O) groups is 3. The van der Waals surface area contributed by atoms with Crippen LogP contribution in [0.3, 0.4) is 0 Å². The minimum atomic E-state index is -1.08. The molecule has 0 bridgehead atoms. The normalized spacial score (nSPS) is 4.41. The van der Waals surface area contributed by atoms with Crippen molar-refractivity contribution in [3.05, 3.63) is 0 Å². The first-order valence-electron chi connectivity index (χ1n) is 2.72. The van der Waals surface area contributed by atoms with Crippen molar-refractivity contribution < 1.29 is 51.6 Å². The fourth-order valence-electron chi connectivity index (χ4n) is 0. The van der Waals surface area contributed by atoms with Crippen LogP contribution in [0.15, 0.2) is 0 Å². The maximum Gasteiger partial charge on any atom is 3.00 e. The van der Waals surface area contributed by atoms with E-state index < -0.39 is 17.9 Å². The first kappa shape index (κ1) is 55.9. The maximum absolute atomic E-state index is 8.89. The maximum atomic E-state index is 8.89. The smallest absolute Gasteiger partial charge is 0.550 e. The van der Waals surface area contributed by atoms with E-state index in [0.29, 0.717) is 0 Å². The van der Waals surface area contributed by atoms with Gasteiger partial charge in [-0.1, -0.05) is 0 Å². The summed E-state index contributed by atoms with van der Waals surface area (Å²) in [5, 5.41) is 26.7. The molecular formula is C6H17BiO10. The summed E-state index contributed by atoms with van der Waals surface area (Å²) in [6.07, 6.45) is 0. The van der Waals surface area contributed by atoms with Gasteiger partial charge < -0.3 is 51.6 Å². The molecule has 0 heterocycles. The summed E-state index contributed by atoms with van der Waals surface area (Å²) < 4.78 is 0. The Morgan fingerprint density at radius 2 is 0.588 bits per heavy atom. The second-order valence-electron chi connectivity index (χ2n) is 1.47. The molecule has 0 saturated heterocycles. The predicted octanol–water partition coefficient (Wildman–Crippen LogP) is -7.41. The third kappa shape index (κ3) is 3470. The minimum Gasteiger partial charge on any atom is -0.550 e. The van der Waals surface area contributed by atoms with Crippen LogP contribution < -0.4 is 15.3 Å². The van der Waals surface area contributed by atoms with Crippen LogP contribution in [0.4, 0.5) is 0 Å². The van der Waals surface area contributed by atoms with Crippen molar-refractivity contribution in [2.45, 2.75) is 20.8 Å². The number of aliphatic carboxylic acids is 3. The number of carbonyl (C=O) groups excluding carboxylic acids is 3. The summed E-state index contributed by atoms with van der Waals surface area (Å²) in [5.41, 5.74) is 0. The summed E-state index contributed by atoms with van der Waals surface area (Å²) in [4.78, 5) is 26.7. The molecule has 0 unspecified atom stereocenters. The molecule has 17 heavy (non-hydrogen) atoms. The van der Waals surface area contributed by atoms with Gasteiger partial charge in [-0.15, -0.1) is 0 Å². The number of rotatable bonds is 0. The van der Waals surface area contributed by atoms with Crippen LogP contribution in [0.2, 0.25) is 0 Å². The Morgan fingerprint density at radius 3 is 0.588 bits per heavy atom. The van der Waals surface area contributed by atoms with Crippen molar-refractivity contribution in [1.82, 2.24) is 0 Å². The van der Waals surface area contributed by atoms with Crippen molar-refractivity contribution in [3.63, 3.8) is 0 Å². The molecule has 0 fully saturated rings. The summed E-state index contributed by atoms with van der Waals surface area (Å²) in [6.45, 7) is 2.92. The molecule has 11 heteroatoms. The zero-order valence-electron chi connectivity index (χ0n) is 9.40. The number of hydrogen-bond donors (Lipinski definition) is 0. The molecule has 0 rings (SSSR count). The Balaban J connectivity index is -0.0000000104. The average molecular weight is 458 g/mol. The van der Waals surface area contributed by atoms with Gasteiger partial charge in [-0.25, -0.2) is 0 Å². The van der Waals surface area contributed by atoms with Gasteiger partial charge in [0.05, 0.1) is 0 Å². The van der Waals surface area contributed by atoms with E-state index in [1.807, 2.05) is 0 Å². The van der Waals surface area contributed by atoms with E-state index in [4.69, 9.17) is 29.7 Å². The van der Waals surface area contributed by atoms with E-state index in [9.17, 15) is 0 Å². The Hall–Kier alpha value is -0.867. The standard InChI is InChI=1S/3C2H4O2.Bi.4H2O/c3*1-2(3)4;;;;;/h3*1H3,(H,3,4);;4*1H2/q;;;+3;;;;/p-3. The van der Waals surface area contributed by atoms with Gasteiger partial charge in [0.1, 0.15) is 0 Å². The molecule has 0 amide bonds. The van der Waals surface area contributed by atoms with Gasteiger partial charge in [0.15, 0.2) is 0 Å². The second kappa shape index (κ2) is 45.7. The van der Waals surface area contributed by atoms with Crippen molar-refractivity contribution in [2.24, 2.45) is 0 Å². The molecule has 0 spiro atoms. The summed E-state index contributed by atoms with van der Waals surface area (Å²) in [7, 11) is 0. The van der Waals surface area contributed by atoms with Crippen LogP contribution in [-0.4, -0.2) is 66.0 Å². The van der Waals surface area contributed by atoms with Crippen LogP contribution in [0.1, 0.15) is 20.8 Å². The zero-order valence-corrected chi connectivity index (χ0v) is 12.9. The first-order valence-corrected chi connectivity index (χ1v) is 2.72. The van der Waals surface area contributed by atoms with Crippen LogP contribution in [0, 0.1) is 0 Å².